The Morgan fingerprint density at radius 3 is 1.85 bits per heavy atom. The molecule has 3 heteroatoms. The van der Waals surface area contributed by atoms with E-state index in [1.54, 1.807) is 0 Å². The predicted molar refractivity (Wildman–Crippen MR) is 203 cm³/mol. The van der Waals surface area contributed by atoms with E-state index in [-0.39, 0.29) is 0 Å². The summed E-state index contributed by atoms with van der Waals surface area (Å²) >= 11 is 1.92. The first-order valence-corrected chi connectivity index (χ1v) is 16.9. The number of fused-ring (bicyclic) bond motifs is 14. The van der Waals surface area contributed by atoms with E-state index in [4.69, 9.17) is 0 Å². The highest BCUT2D eigenvalue weighted by Gasteiger charge is 2.22. The van der Waals surface area contributed by atoms with Gasteiger partial charge in [0.05, 0.1) is 27.8 Å². The van der Waals surface area contributed by atoms with Gasteiger partial charge in [-0.1, -0.05) is 115 Å². The standard InChI is InChI=1S/C44H26N2S/c1-2-13-28(14-3-1)45-37-21-11-9-19-34(37)41-38(45)24-22-35-42-40(47-44(35)41)25-23-33-32-18-8-10-20-36(32)46(43(33)42)39-26-27-12-4-5-15-29(27)30-16-6-7-17-31(30)39/h1-26H. The molecule has 0 saturated heterocycles. The zero-order valence-corrected chi connectivity index (χ0v) is 26.1. The third-order valence-electron chi connectivity index (χ3n) is 10.1. The zero-order chi connectivity index (χ0) is 30.6. The van der Waals surface area contributed by atoms with Crippen LogP contribution in [0.5, 0.6) is 0 Å². The van der Waals surface area contributed by atoms with Gasteiger partial charge in [0.15, 0.2) is 0 Å². The van der Waals surface area contributed by atoms with Crippen molar-refractivity contribution in [1.82, 2.24) is 9.13 Å². The molecule has 0 saturated carbocycles. The van der Waals surface area contributed by atoms with Crippen LogP contribution in [0.25, 0.3) is 96.7 Å². The lowest BCUT2D eigenvalue weighted by atomic mass is 10.00. The molecule has 0 fully saturated rings. The Morgan fingerprint density at radius 1 is 0.383 bits per heavy atom. The number of hydrogen-bond acceptors (Lipinski definition) is 1. The van der Waals surface area contributed by atoms with Gasteiger partial charge in [0.1, 0.15) is 0 Å². The van der Waals surface area contributed by atoms with E-state index in [0.29, 0.717) is 0 Å². The molecule has 0 N–H and O–H groups in total. The van der Waals surface area contributed by atoms with Gasteiger partial charge in [0.2, 0.25) is 0 Å². The molecule has 0 spiro atoms. The molecule has 0 amide bonds. The minimum absolute atomic E-state index is 1.19. The normalized spacial score (nSPS) is 12.3. The topological polar surface area (TPSA) is 9.86 Å². The van der Waals surface area contributed by atoms with Crippen LogP contribution in [0.3, 0.4) is 0 Å². The second-order valence-electron chi connectivity index (χ2n) is 12.5. The Morgan fingerprint density at radius 2 is 1.02 bits per heavy atom. The Balaban J connectivity index is 1.34. The molecular weight excluding hydrogens is 589 g/mol. The van der Waals surface area contributed by atoms with Gasteiger partial charge < -0.3 is 9.13 Å². The second-order valence-corrected chi connectivity index (χ2v) is 13.5. The first-order chi connectivity index (χ1) is 23.3. The Hall–Kier alpha value is -5.90. The maximum absolute atomic E-state index is 2.55. The van der Waals surface area contributed by atoms with Crippen molar-refractivity contribution in [3.05, 3.63) is 158 Å². The van der Waals surface area contributed by atoms with Crippen LogP contribution in [-0.4, -0.2) is 9.13 Å². The van der Waals surface area contributed by atoms with E-state index in [1.165, 1.54) is 96.7 Å². The Bertz CT molecular complexity index is 3070. The molecule has 0 unspecified atom stereocenters. The summed E-state index contributed by atoms with van der Waals surface area (Å²) in [5.74, 6) is 0. The van der Waals surface area contributed by atoms with Gasteiger partial charge in [-0.15, -0.1) is 11.3 Å². The number of rotatable bonds is 2. The van der Waals surface area contributed by atoms with Crippen molar-refractivity contribution in [2.75, 3.05) is 0 Å². The fraction of sp³-hybridized carbons (Fsp3) is 0. The summed E-state index contributed by atoms with van der Waals surface area (Å²) in [7, 11) is 0. The smallest absolute Gasteiger partial charge is 0.0634 e. The molecule has 8 aromatic carbocycles. The first-order valence-electron chi connectivity index (χ1n) is 16.1. The van der Waals surface area contributed by atoms with Crippen LogP contribution in [0.15, 0.2) is 158 Å². The summed E-state index contributed by atoms with van der Waals surface area (Å²) in [6, 6.07) is 58.0. The molecule has 11 rings (SSSR count). The van der Waals surface area contributed by atoms with E-state index in [9.17, 15) is 0 Å². The van der Waals surface area contributed by atoms with Crippen molar-refractivity contribution in [3.8, 4) is 11.4 Å². The van der Waals surface area contributed by atoms with Gasteiger partial charge >= 0.3 is 0 Å². The van der Waals surface area contributed by atoms with Crippen LogP contribution in [0.2, 0.25) is 0 Å². The lowest BCUT2D eigenvalue weighted by molar-refractivity contribution is 1.18. The van der Waals surface area contributed by atoms with Crippen LogP contribution in [-0.2, 0) is 0 Å². The average Bonchev–Trinajstić information content (AvgIpc) is 3.79. The first kappa shape index (κ1) is 25.3. The highest BCUT2D eigenvalue weighted by atomic mass is 32.1. The molecule has 0 aliphatic rings. The molecule has 3 heterocycles. The highest BCUT2D eigenvalue weighted by molar-refractivity contribution is 7.27. The summed E-state index contributed by atoms with van der Waals surface area (Å²) in [6.45, 7) is 0. The quantitative estimate of drug-likeness (QED) is 0.171. The van der Waals surface area contributed by atoms with Gasteiger partial charge in [-0.2, -0.15) is 0 Å². The molecule has 11 aromatic rings. The minimum atomic E-state index is 1.19. The third kappa shape index (κ3) is 3.34. The van der Waals surface area contributed by atoms with E-state index in [1.807, 2.05) is 11.3 Å². The van der Waals surface area contributed by atoms with Crippen molar-refractivity contribution >= 4 is 96.7 Å². The number of nitrogens with zero attached hydrogens (tertiary/aromatic N) is 2. The van der Waals surface area contributed by atoms with E-state index < -0.39 is 0 Å². The average molecular weight is 615 g/mol. The van der Waals surface area contributed by atoms with Crippen LogP contribution >= 0.6 is 11.3 Å². The zero-order valence-electron chi connectivity index (χ0n) is 25.3. The number of thiophene rings is 1. The predicted octanol–water partition coefficient (Wildman–Crippen LogP) is 12.6. The van der Waals surface area contributed by atoms with Gasteiger partial charge in [-0.3, -0.25) is 0 Å². The lowest BCUT2D eigenvalue weighted by Crippen LogP contribution is -1.96. The Labute approximate surface area is 273 Å². The van der Waals surface area contributed by atoms with Crippen LogP contribution in [0.4, 0.5) is 0 Å². The summed E-state index contributed by atoms with van der Waals surface area (Å²) in [4.78, 5) is 0. The number of para-hydroxylation sites is 3. The van der Waals surface area contributed by atoms with E-state index >= 15 is 0 Å². The molecular formula is C44H26N2S. The molecule has 0 aliphatic carbocycles. The summed E-state index contributed by atoms with van der Waals surface area (Å²) in [5, 5.41) is 12.9. The maximum Gasteiger partial charge on any atom is 0.0634 e. The molecule has 0 aliphatic heterocycles. The minimum Gasteiger partial charge on any atom is -0.309 e. The highest BCUT2D eigenvalue weighted by Crippen LogP contribution is 2.48. The number of hydrogen-bond donors (Lipinski definition) is 0. The largest absolute Gasteiger partial charge is 0.309 e. The summed E-state index contributed by atoms with van der Waals surface area (Å²) in [6.07, 6.45) is 0. The summed E-state index contributed by atoms with van der Waals surface area (Å²) < 4.78 is 7.62. The third-order valence-corrected chi connectivity index (χ3v) is 11.3. The van der Waals surface area contributed by atoms with Gasteiger partial charge in [0, 0.05) is 52.8 Å². The number of benzene rings is 8. The maximum atomic E-state index is 2.55. The van der Waals surface area contributed by atoms with Crippen molar-refractivity contribution in [2.24, 2.45) is 0 Å². The Kier molecular flexibility index (Phi) is 5.02. The van der Waals surface area contributed by atoms with Crippen LogP contribution in [0, 0.1) is 0 Å². The molecule has 0 atom stereocenters. The molecule has 0 bridgehead atoms. The van der Waals surface area contributed by atoms with E-state index in [0.717, 1.165) is 0 Å². The van der Waals surface area contributed by atoms with E-state index in [2.05, 4.69) is 167 Å². The molecule has 47 heavy (non-hydrogen) atoms. The van der Waals surface area contributed by atoms with Crippen molar-refractivity contribution in [1.29, 1.82) is 0 Å². The van der Waals surface area contributed by atoms with Crippen molar-refractivity contribution in [2.45, 2.75) is 0 Å². The fourth-order valence-corrected chi connectivity index (χ4v) is 9.41. The summed E-state index contributed by atoms with van der Waals surface area (Å²) in [5.41, 5.74) is 7.40. The van der Waals surface area contributed by atoms with Gasteiger partial charge in [0.25, 0.3) is 0 Å². The number of aromatic nitrogens is 2. The molecule has 0 radical (unpaired) electrons. The SMILES string of the molecule is c1ccc(-n2c3ccccc3c3c4sc5ccc6c7ccccc7n(-c7cc8ccccc8c8ccccc78)c6c5c4ccc32)cc1. The molecule has 3 aromatic heterocycles. The van der Waals surface area contributed by atoms with Gasteiger partial charge in [-0.25, -0.2) is 0 Å². The lowest BCUT2D eigenvalue weighted by Gasteiger charge is -2.15. The molecule has 218 valence electrons. The van der Waals surface area contributed by atoms with Crippen LogP contribution < -0.4 is 0 Å². The monoisotopic (exact) mass is 614 g/mol. The second kappa shape index (κ2) is 9.32. The molecule has 2 nitrogen and oxygen atoms in total. The van der Waals surface area contributed by atoms with Crippen molar-refractivity contribution in [3.63, 3.8) is 0 Å². The van der Waals surface area contributed by atoms with Gasteiger partial charge in [-0.05, 0) is 58.6 Å². The van der Waals surface area contributed by atoms with Crippen molar-refractivity contribution < 1.29 is 0 Å². The fourth-order valence-electron chi connectivity index (χ4n) is 8.15. The van der Waals surface area contributed by atoms with Crippen LogP contribution in [0.1, 0.15) is 0 Å².